The van der Waals surface area contributed by atoms with Gasteiger partial charge in [-0.1, -0.05) is 68.4 Å². The molecule has 0 saturated heterocycles. The second kappa shape index (κ2) is 12.7. The highest BCUT2D eigenvalue weighted by molar-refractivity contribution is 7.90. The first-order valence-electron chi connectivity index (χ1n) is 14.8. The Morgan fingerprint density at radius 2 is 1.70 bits per heavy atom. The predicted octanol–water partition coefficient (Wildman–Crippen LogP) is 5.03. The Bertz CT molecular complexity index is 2080. The van der Waals surface area contributed by atoms with E-state index in [-0.39, 0.29) is 40.0 Å². The Hall–Kier alpha value is -4.95. The Balaban J connectivity index is 1.54. The van der Waals surface area contributed by atoms with Crippen LogP contribution in [0.5, 0.6) is 0 Å². The number of sulfonamides is 1. The van der Waals surface area contributed by atoms with Gasteiger partial charge in [0.25, 0.3) is 10.0 Å². The van der Waals surface area contributed by atoms with Crippen LogP contribution in [0, 0.1) is 5.92 Å². The lowest BCUT2D eigenvalue weighted by atomic mass is 9.66. The molecule has 246 valence electrons. The molecular weight excluding hydrogens is 645 g/mol. The van der Waals surface area contributed by atoms with E-state index in [9.17, 15) is 36.6 Å². The van der Waals surface area contributed by atoms with Crippen molar-refractivity contribution in [2.75, 3.05) is 17.4 Å². The number of anilines is 2. The van der Waals surface area contributed by atoms with E-state index >= 15 is 0 Å². The van der Waals surface area contributed by atoms with Gasteiger partial charge in [0, 0.05) is 19.0 Å². The SMILES string of the molecule is CC(C)CCC1(C)C(=O)C(C2=NS(=O)(=O)c3cc(N(C)N(C(=O)O)C(Cc4ccccc4)=S(=O)=O)ccc3N2)=C(O)c2ccccc21. The molecule has 2 aliphatic rings. The average molecular weight is 679 g/mol. The van der Waals surface area contributed by atoms with E-state index in [2.05, 4.69) is 9.71 Å². The van der Waals surface area contributed by atoms with Crippen molar-refractivity contribution in [3.63, 3.8) is 0 Å². The minimum absolute atomic E-state index is 0.0252. The van der Waals surface area contributed by atoms with Gasteiger partial charge in [0.15, 0.2) is 16.6 Å². The summed E-state index contributed by atoms with van der Waals surface area (Å²) in [6.45, 7) is 5.86. The molecule has 3 aromatic carbocycles. The standard InChI is InChI=1S/C33H34N4O8S2/c1-20(2)16-17-33(3)24-13-9-8-12-23(24)29(38)28(30(33)39)31-34-25-15-14-22(19-26(25)47(44,45)35-31)36(4)37(32(40)41)27(46(42)43)18-21-10-6-5-7-11-21/h5-15,19-20,38H,16-18H2,1-4H3,(H,34,35)(H,40,41). The fraction of sp³-hybridized carbons (Fsp3) is 0.273. The minimum Gasteiger partial charge on any atom is -0.506 e. The topological polar surface area (TPSA) is 174 Å². The number of hydrogen-bond donors (Lipinski definition) is 3. The van der Waals surface area contributed by atoms with Gasteiger partial charge in [0.05, 0.1) is 16.8 Å². The largest absolute Gasteiger partial charge is 0.506 e. The average Bonchev–Trinajstić information content (AvgIpc) is 3.02. The summed E-state index contributed by atoms with van der Waals surface area (Å²) < 4.78 is 55.6. The van der Waals surface area contributed by atoms with Gasteiger partial charge >= 0.3 is 6.09 Å². The third-order valence-corrected chi connectivity index (χ3v) is 10.4. The molecule has 0 saturated carbocycles. The Morgan fingerprint density at radius 3 is 2.34 bits per heavy atom. The van der Waals surface area contributed by atoms with Crippen molar-refractivity contribution in [2.45, 2.75) is 50.3 Å². The molecule has 1 aliphatic carbocycles. The molecule has 0 radical (unpaired) electrons. The van der Waals surface area contributed by atoms with Gasteiger partial charge in [-0.2, -0.15) is 21.8 Å². The quantitative estimate of drug-likeness (QED) is 0.217. The number of Topliss-reactive ketones (excluding diaryl/α,β-unsaturated/α-hetero) is 1. The van der Waals surface area contributed by atoms with E-state index in [4.69, 9.17) is 0 Å². The van der Waals surface area contributed by atoms with Crippen molar-refractivity contribution in [3.05, 3.63) is 95.1 Å². The highest BCUT2D eigenvalue weighted by atomic mass is 32.2. The van der Waals surface area contributed by atoms with Crippen molar-refractivity contribution in [2.24, 2.45) is 10.3 Å². The Kier molecular flexibility index (Phi) is 9.02. The lowest BCUT2D eigenvalue weighted by molar-refractivity contribution is -0.120. The first-order valence-corrected chi connectivity index (χ1v) is 17.3. The van der Waals surface area contributed by atoms with Gasteiger partial charge in [-0.15, -0.1) is 4.40 Å². The molecular formula is C33H34N4O8S2. The summed E-state index contributed by atoms with van der Waals surface area (Å²) in [7, 11) is -6.18. The number of amidine groups is 1. The molecule has 1 atom stereocenters. The zero-order chi connectivity index (χ0) is 34.3. The molecule has 3 aromatic rings. The normalized spacial score (nSPS) is 18.1. The van der Waals surface area contributed by atoms with Crippen LogP contribution < -0.4 is 10.3 Å². The predicted molar refractivity (Wildman–Crippen MR) is 179 cm³/mol. The van der Waals surface area contributed by atoms with Gasteiger partial charge in [-0.25, -0.2) is 4.79 Å². The summed E-state index contributed by atoms with van der Waals surface area (Å²) >= 11 is 0. The van der Waals surface area contributed by atoms with Crippen LogP contribution in [0.2, 0.25) is 0 Å². The molecule has 0 aromatic heterocycles. The number of carbonyl (C=O) groups is 2. The zero-order valence-electron chi connectivity index (χ0n) is 26.1. The molecule has 14 heteroatoms. The highest BCUT2D eigenvalue weighted by Crippen LogP contribution is 2.44. The number of ketones is 1. The summed E-state index contributed by atoms with van der Waals surface area (Å²) in [6.07, 6.45) is -0.681. The van der Waals surface area contributed by atoms with E-state index < -0.39 is 48.4 Å². The van der Waals surface area contributed by atoms with E-state index in [0.717, 1.165) is 11.1 Å². The fourth-order valence-electron chi connectivity index (χ4n) is 5.81. The highest BCUT2D eigenvalue weighted by Gasteiger charge is 2.46. The summed E-state index contributed by atoms with van der Waals surface area (Å²) in [6, 6.07) is 19.3. The number of fused-ring (bicyclic) bond motifs is 2. The third-order valence-electron chi connectivity index (χ3n) is 8.39. The number of aliphatic hydroxyl groups is 1. The van der Waals surface area contributed by atoms with Crippen LogP contribution in [0.3, 0.4) is 0 Å². The zero-order valence-corrected chi connectivity index (χ0v) is 27.8. The number of hydrazine groups is 1. The maximum atomic E-state index is 14.1. The van der Waals surface area contributed by atoms with Crippen LogP contribution in [0.25, 0.3) is 5.76 Å². The van der Waals surface area contributed by atoms with Crippen LogP contribution in [0.1, 0.15) is 50.3 Å². The lowest BCUT2D eigenvalue weighted by Gasteiger charge is -2.36. The molecule has 1 unspecified atom stereocenters. The Labute approximate surface area is 274 Å². The van der Waals surface area contributed by atoms with Crippen LogP contribution in [-0.4, -0.2) is 61.8 Å². The van der Waals surface area contributed by atoms with Gasteiger partial charge in [0.1, 0.15) is 16.2 Å². The number of nitrogens with zero attached hydrogens (tertiary/aromatic N) is 3. The van der Waals surface area contributed by atoms with Crippen molar-refractivity contribution >= 4 is 60.2 Å². The minimum atomic E-state index is -4.51. The van der Waals surface area contributed by atoms with Crippen LogP contribution in [0.15, 0.2) is 87.7 Å². The fourth-order valence-corrected chi connectivity index (χ4v) is 7.57. The van der Waals surface area contributed by atoms with Crippen molar-refractivity contribution in [1.29, 1.82) is 0 Å². The maximum absolute atomic E-state index is 14.1. The Morgan fingerprint density at radius 1 is 1.04 bits per heavy atom. The summed E-state index contributed by atoms with van der Waals surface area (Å²) in [4.78, 5) is 25.7. The molecule has 0 spiro atoms. The molecule has 1 heterocycles. The molecule has 1 amide bonds. The molecule has 0 bridgehead atoms. The van der Waals surface area contributed by atoms with Gasteiger partial charge in [-0.3, -0.25) is 9.80 Å². The summed E-state index contributed by atoms with van der Waals surface area (Å²) in [5.41, 5.74) is 0.348. The van der Waals surface area contributed by atoms with Gasteiger partial charge in [-0.05, 0) is 55.0 Å². The van der Waals surface area contributed by atoms with Gasteiger partial charge < -0.3 is 15.5 Å². The van der Waals surface area contributed by atoms with E-state index in [1.54, 1.807) is 61.5 Å². The van der Waals surface area contributed by atoms with Crippen molar-refractivity contribution in [1.82, 2.24) is 5.01 Å². The van der Waals surface area contributed by atoms with Gasteiger partial charge in [0.2, 0.25) is 10.3 Å². The maximum Gasteiger partial charge on any atom is 0.431 e. The first-order chi connectivity index (χ1) is 22.2. The number of benzene rings is 3. The van der Waals surface area contributed by atoms with Crippen LogP contribution in [-0.2, 0) is 36.9 Å². The first kappa shape index (κ1) is 33.4. The van der Waals surface area contributed by atoms with Crippen LogP contribution in [0.4, 0.5) is 16.2 Å². The monoisotopic (exact) mass is 678 g/mol. The van der Waals surface area contributed by atoms with E-state index in [1.807, 2.05) is 13.8 Å². The number of aliphatic hydroxyl groups excluding tert-OH is 1. The molecule has 1 aliphatic heterocycles. The molecule has 0 fully saturated rings. The second-order valence-electron chi connectivity index (χ2n) is 12.0. The molecule has 3 N–H and O–H groups in total. The number of carbonyl (C=O) groups excluding carboxylic acids is 1. The number of amides is 1. The molecule has 47 heavy (non-hydrogen) atoms. The number of hydrogen-bond acceptors (Lipinski definition) is 9. The smallest absolute Gasteiger partial charge is 0.431 e. The van der Waals surface area contributed by atoms with E-state index in [1.165, 1.54) is 19.2 Å². The molecule has 5 rings (SSSR count). The number of nitrogens with one attached hydrogen (secondary N) is 1. The van der Waals surface area contributed by atoms with Crippen LogP contribution >= 0.6 is 0 Å². The van der Waals surface area contributed by atoms with E-state index in [0.29, 0.717) is 34.5 Å². The van der Waals surface area contributed by atoms with Crippen molar-refractivity contribution in [3.8, 4) is 0 Å². The second-order valence-corrected chi connectivity index (χ2v) is 14.5. The number of carboxylic acid groups (broad SMARTS) is 1. The number of rotatable bonds is 8. The summed E-state index contributed by atoms with van der Waals surface area (Å²) in [5, 5.41) is 25.8. The molecule has 12 nitrogen and oxygen atoms in total. The lowest BCUT2D eigenvalue weighted by Crippen LogP contribution is -2.49. The summed E-state index contributed by atoms with van der Waals surface area (Å²) in [5.74, 6) is -0.909. The van der Waals surface area contributed by atoms with Crippen molar-refractivity contribution < 1.29 is 36.6 Å². The third kappa shape index (κ3) is 6.25.